The maximum atomic E-state index is 5.82. The number of rotatable bonds is 3. The van der Waals surface area contributed by atoms with Gasteiger partial charge in [-0.25, -0.2) is 4.99 Å². The number of nitrogens with zero attached hydrogens (tertiary/aromatic N) is 1. The summed E-state index contributed by atoms with van der Waals surface area (Å²) in [6.45, 7) is 6.37. The van der Waals surface area contributed by atoms with E-state index in [1.165, 1.54) is 0 Å². The molecule has 1 saturated heterocycles. The van der Waals surface area contributed by atoms with Crippen LogP contribution in [0, 0.1) is 5.92 Å². The molecule has 2 aliphatic rings. The maximum Gasteiger partial charge on any atom is 0.187 e. The Kier molecular flexibility index (Phi) is 2.54. The fourth-order valence-corrected chi connectivity index (χ4v) is 2.08. The van der Waals surface area contributed by atoms with Crippen LogP contribution in [0.25, 0.3) is 0 Å². The summed E-state index contributed by atoms with van der Waals surface area (Å²) in [4.78, 5) is 4.62. The first kappa shape index (κ1) is 9.00. The largest absolute Gasteiger partial charge is 0.474 e. The third-order valence-electron chi connectivity index (χ3n) is 3.03. The van der Waals surface area contributed by atoms with E-state index in [1.54, 1.807) is 0 Å². The Hall–Kier alpha value is -0.570. The van der Waals surface area contributed by atoms with Gasteiger partial charge < -0.3 is 10.1 Å². The van der Waals surface area contributed by atoms with E-state index in [1.807, 2.05) is 0 Å². The fraction of sp³-hybridized carbons (Fsp3) is 0.900. The van der Waals surface area contributed by atoms with Crippen LogP contribution in [0.5, 0.6) is 0 Å². The summed E-state index contributed by atoms with van der Waals surface area (Å²) < 4.78 is 5.82. The lowest BCUT2D eigenvalue weighted by molar-refractivity contribution is 0.209. The summed E-state index contributed by atoms with van der Waals surface area (Å²) in [6.07, 6.45) is 2.61. The van der Waals surface area contributed by atoms with Crippen molar-refractivity contribution >= 4 is 5.90 Å². The molecule has 74 valence electrons. The molecule has 2 unspecified atom stereocenters. The first-order valence-electron chi connectivity index (χ1n) is 5.30. The van der Waals surface area contributed by atoms with Crippen LogP contribution in [0.15, 0.2) is 4.99 Å². The second-order valence-corrected chi connectivity index (χ2v) is 3.86. The Morgan fingerprint density at radius 3 is 2.85 bits per heavy atom. The number of fused-ring (bicyclic) bond motifs is 1. The molecule has 13 heavy (non-hydrogen) atoms. The Morgan fingerprint density at radius 1 is 1.46 bits per heavy atom. The number of nitrogens with one attached hydrogen (secondary N) is 1. The second-order valence-electron chi connectivity index (χ2n) is 3.86. The second kappa shape index (κ2) is 3.66. The van der Waals surface area contributed by atoms with Crippen LogP contribution in [0.2, 0.25) is 0 Å². The lowest BCUT2D eigenvalue weighted by atomic mass is 10.0. The van der Waals surface area contributed by atoms with Crippen molar-refractivity contribution in [2.75, 3.05) is 13.1 Å². The average Bonchev–Trinajstić information content (AvgIpc) is 2.65. The molecule has 0 amide bonds. The first-order valence-corrected chi connectivity index (χ1v) is 5.30. The van der Waals surface area contributed by atoms with Gasteiger partial charge in [0.05, 0.1) is 0 Å². The van der Waals surface area contributed by atoms with Gasteiger partial charge in [0.15, 0.2) is 5.90 Å². The van der Waals surface area contributed by atoms with E-state index in [0.29, 0.717) is 18.1 Å². The molecule has 3 nitrogen and oxygen atoms in total. The van der Waals surface area contributed by atoms with Crippen molar-refractivity contribution in [3.05, 3.63) is 0 Å². The van der Waals surface area contributed by atoms with Crippen molar-refractivity contribution < 1.29 is 4.74 Å². The predicted molar refractivity (Wildman–Crippen MR) is 53.0 cm³/mol. The zero-order valence-electron chi connectivity index (χ0n) is 8.42. The van der Waals surface area contributed by atoms with Crippen LogP contribution in [-0.2, 0) is 4.74 Å². The molecular weight excluding hydrogens is 164 g/mol. The SMILES string of the molecule is CCC(CC)C1=NC2CNCC2O1. The van der Waals surface area contributed by atoms with Gasteiger partial charge in [0, 0.05) is 19.0 Å². The van der Waals surface area contributed by atoms with E-state index in [9.17, 15) is 0 Å². The van der Waals surface area contributed by atoms with Crippen LogP contribution in [0.1, 0.15) is 26.7 Å². The van der Waals surface area contributed by atoms with Gasteiger partial charge in [-0.2, -0.15) is 0 Å². The van der Waals surface area contributed by atoms with E-state index in [4.69, 9.17) is 4.74 Å². The monoisotopic (exact) mass is 182 g/mol. The average molecular weight is 182 g/mol. The molecule has 0 aliphatic carbocycles. The van der Waals surface area contributed by atoms with Gasteiger partial charge in [-0.15, -0.1) is 0 Å². The fourth-order valence-electron chi connectivity index (χ4n) is 2.08. The van der Waals surface area contributed by atoms with Crippen molar-refractivity contribution in [3.63, 3.8) is 0 Å². The molecule has 1 fully saturated rings. The summed E-state index contributed by atoms with van der Waals surface area (Å²) in [6, 6.07) is 0.399. The van der Waals surface area contributed by atoms with Gasteiger partial charge in [-0.05, 0) is 12.8 Å². The van der Waals surface area contributed by atoms with Gasteiger partial charge in [-0.3, -0.25) is 0 Å². The Labute approximate surface area is 79.6 Å². The molecule has 0 bridgehead atoms. The third-order valence-corrected chi connectivity index (χ3v) is 3.03. The highest BCUT2D eigenvalue weighted by Gasteiger charge is 2.36. The molecule has 0 spiro atoms. The molecule has 2 rings (SSSR count). The molecule has 0 aromatic rings. The van der Waals surface area contributed by atoms with Crippen molar-refractivity contribution in [1.29, 1.82) is 0 Å². The highest BCUT2D eigenvalue weighted by Crippen LogP contribution is 2.23. The number of hydrogen-bond donors (Lipinski definition) is 1. The van der Waals surface area contributed by atoms with Crippen LogP contribution in [0.4, 0.5) is 0 Å². The molecule has 2 heterocycles. The smallest absolute Gasteiger partial charge is 0.187 e. The summed E-state index contributed by atoms with van der Waals surface area (Å²) >= 11 is 0. The van der Waals surface area contributed by atoms with E-state index >= 15 is 0 Å². The van der Waals surface area contributed by atoms with E-state index in [2.05, 4.69) is 24.2 Å². The lowest BCUT2D eigenvalue weighted by Crippen LogP contribution is -2.23. The van der Waals surface area contributed by atoms with Crippen LogP contribution in [-0.4, -0.2) is 31.1 Å². The molecule has 0 aromatic carbocycles. The van der Waals surface area contributed by atoms with Crippen molar-refractivity contribution in [2.45, 2.75) is 38.8 Å². The highest BCUT2D eigenvalue weighted by molar-refractivity contribution is 5.80. The number of hydrogen-bond acceptors (Lipinski definition) is 3. The molecule has 2 aliphatic heterocycles. The summed E-state index contributed by atoms with van der Waals surface area (Å²) in [7, 11) is 0. The van der Waals surface area contributed by atoms with Gasteiger partial charge in [0.2, 0.25) is 0 Å². The van der Waals surface area contributed by atoms with Gasteiger partial charge in [0.1, 0.15) is 12.1 Å². The summed E-state index contributed by atoms with van der Waals surface area (Å²) in [5, 5.41) is 3.29. The predicted octanol–water partition coefficient (Wildman–Crippen LogP) is 1.19. The minimum atomic E-state index is 0.329. The number of ether oxygens (including phenoxy) is 1. The normalized spacial score (nSPS) is 31.8. The zero-order chi connectivity index (χ0) is 9.26. The Bertz CT molecular complexity index is 211. The molecular formula is C10H18N2O. The molecule has 1 N–H and O–H groups in total. The lowest BCUT2D eigenvalue weighted by Gasteiger charge is -2.14. The minimum absolute atomic E-state index is 0.329. The van der Waals surface area contributed by atoms with Gasteiger partial charge in [0.25, 0.3) is 0 Å². The standard InChI is InChI=1S/C10H18N2O/c1-3-7(4-2)10-12-8-5-11-6-9(8)13-10/h7-9,11H,3-6H2,1-2H3. The summed E-state index contributed by atoms with van der Waals surface area (Å²) in [5.74, 6) is 1.56. The van der Waals surface area contributed by atoms with Crippen LogP contribution >= 0.6 is 0 Å². The van der Waals surface area contributed by atoms with Crippen LogP contribution in [0.3, 0.4) is 0 Å². The molecule has 0 radical (unpaired) electrons. The van der Waals surface area contributed by atoms with Crippen LogP contribution < -0.4 is 5.32 Å². The maximum absolute atomic E-state index is 5.82. The zero-order valence-corrected chi connectivity index (χ0v) is 8.42. The van der Waals surface area contributed by atoms with Gasteiger partial charge in [-0.1, -0.05) is 13.8 Å². The molecule has 3 heteroatoms. The molecule has 0 saturated carbocycles. The Balaban J connectivity index is 2.01. The first-order chi connectivity index (χ1) is 6.35. The number of aliphatic imine (C=N–C) groups is 1. The van der Waals surface area contributed by atoms with E-state index in [0.717, 1.165) is 31.8 Å². The van der Waals surface area contributed by atoms with Crippen molar-refractivity contribution in [3.8, 4) is 0 Å². The van der Waals surface area contributed by atoms with E-state index in [-0.39, 0.29) is 0 Å². The quantitative estimate of drug-likeness (QED) is 0.711. The topological polar surface area (TPSA) is 33.6 Å². The van der Waals surface area contributed by atoms with Gasteiger partial charge >= 0.3 is 0 Å². The van der Waals surface area contributed by atoms with Crippen molar-refractivity contribution in [2.24, 2.45) is 10.9 Å². The summed E-state index contributed by atoms with van der Waals surface area (Å²) in [5.41, 5.74) is 0. The Morgan fingerprint density at radius 2 is 2.23 bits per heavy atom. The molecule has 2 atom stereocenters. The van der Waals surface area contributed by atoms with E-state index < -0.39 is 0 Å². The minimum Gasteiger partial charge on any atom is -0.474 e. The third kappa shape index (κ3) is 1.57. The van der Waals surface area contributed by atoms with Crippen molar-refractivity contribution in [1.82, 2.24) is 5.32 Å². The molecule has 0 aromatic heterocycles. The highest BCUT2D eigenvalue weighted by atomic mass is 16.5.